The van der Waals surface area contributed by atoms with Gasteiger partial charge in [-0.1, -0.05) is 34.6 Å². The van der Waals surface area contributed by atoms with E-state index in [-0.39, 0.29) is 23.8 Å². The average molecular weight is 574 g/mol. The van der Waals surface area contributed by atoms with Gasteiger partial charge < -0.3 is 14.2 Å². The van der Waals surface area contributed by atoms with E-state index in [0.717, 1.165) is 11.3 Å². The SMILES string of the molecule is CC[C@H]1C[C@H]2CSC(N(C(=O)OC(C)(C)C)C(=O)OC(C)(C)C)=N[C@@]2(c2cc(Br)ccc2F)CO1. The van der Waals surface area contributed by atoms with Crippen molar-refractivity contribution in [2.75, 3.05) is 12.4 Å². The summed E-state index contributed by atoms with van der Waals surface area (Å²) >= 11 is 4.70. The van der Waals surface area contributed by atoms with E-state index in [1.807, 2.05) is 0 Å². The largest absolute Gasteiger partial charge is 0.443 e. The molecule has 35 heavy (non-hydrogen) atoms. The molecule has 3 atom stereocenters. The standard InChI is InChI=1S/C25H34BrFN2O5S/c1-8-17-11-15-13-35-20(28-25(15,14-32-17)18-12-16(26)9-10-19(18)27)29(21(30)33-23(2,3)4)22(31)34-24(5,6)7/h9-10,12,15,17H,8,11,13-14H2,1-7H3/t15-,17-,25-/m0/s1. The quantitative estimate of drug-likeness (QED) is 0.384. The second-order valence-corrected chi connectivity index (χ2v) is 12.7. The van der Waals surface area contributed by atoms with Crippen molar-refractivity contribution < 1.29 is 28.2 Å². The first-order valence-electron chi connectivity index (χ1n) is 11.7. The summed E-state index contributed by atoms with van der Waals surface area (Å²) in [5.41, 5.74) is -2.45. The van der Waals surface area contributed by atoms with Crippen LogP contribution in [0, 0.1) is 11.7 Å². The van der Waals surface area contributed by atoms with Crippen LogP contribution in [0.2, 0.25) is 0 Å². The Morgan fingerprint density at radius 1 is 1.20 bits per heavy atom. The molecule has 0 radical (unpaired) electrons. The Bertz CT molecular complexity index is 979. The molecule has 0 saturated carbocycles. The lowest BCUT2D eigenvalue weighted by Crippen LogP contribution is -2.53. The fourth-order valence-electron chi connectivity index (χ4n) is 4.08. The fraction of sp³-hybridized carbons (Fsp3) is 0.640. The lowest BCUT2D eigenvalue weighted by atomic mass is 9.74. The van der Waals surface area contributed by atoms with Crippen LogP contribution < -0.4 is 0 Å². The summed E-state index contributed by atoms with van der Waals surface area (Å²) in [6.07, 6.45) is -0.246. The average Bonchev–Trinajstić information content (AvgIpc) is 2.72. The number of rotatable bonds is 2. The van der Waals surface area contributed by atoms with E-state index in [0.29, 0.717) is 22.2 Å². The number of hydrogen-bond donors (Lipinski definition) is 0. The topological polar surface area (TPSA) is 77.4 Å². The van der Waals surface area contributed by atoms with Crippen LogP contribution in [-0.4, -0.2) is 51.9 Å². The number of ether oxygens (including phenoxy) is 3. The van der Waals surface area contributed by atoms with Crippen molar-refractivity contribution in [2.45, 2.75) is 84.2 Å². The number of benzene rings is 1. The third-order valence-electron chi connectivity index (χ3n) is 5.66. The summed E-state index contributed by atoms with van der Waals surface area (Å²) in [6.45, 7) is 12.4. The molecule has 1 saturated heterocycles. The van der Waals surface area contributed by atoms with E-state index >= 15 is 4.39 Å². The highest BCUT2D eigenvalue weighted by Crippen LogP contribution is 2.48. The molecule has 2 heterocycles. The number of imide groups is 1. The number of amidine groups is 1. The van der Waals surface area contributed by atoms with Gasteiger partial charge in [-0.3, -0.25) is 0 Å². The smallest absolute Gasteiger partial charge is 0.426 e. The second kappa shape index (κ2) is 10.4. The molecule has 0 N–H and O–H groups in total. The van der Waals surface area contributed by atoms with Gasteiger partial charge in [0, 0.05) is 21.7 Å². The molecule has 0 bridgehead atoms. The van der Waals surface area contributed by atoms with Crippen molar-refractivity contribution in [3.63, 3.8) is 0 Å². The number of amides is 2. The van der Waals surface area contributed by atoms with Gasteiger partial charge in [0.25, 0.3) is 0 Å². The van der Waals surface area contributed by atoms with Crippen LogP contribution in [-0.2, 0) is 19.7 Å². The molecular formula is C25H34BrFN2O5S. The van der Waals surface area contributed by atoms with E-state index in [1.54, 1.807) is 53.7 Å². The number of nitrogens with zero attached hydrogens (tertiary/aromatic N) is 2. The molecule has 0 unspecified atom stereocenters. The first-order chi connectivity index (χ1) is 16.1. The Morgan fingerprint density at radius 2 is 1.80 bits per heavy atom. The molecule has 2 aliphatic rings. The van der Waals surface area contributed by atoms with Gasteiger partial charge in [0.05, 0.1) is 12.7 Å². The van der Waals surface area contributed by atoms with E-state index in [2.05, 4.69) is 22.9 Å². The van der Waals surface area contributed by atoms with E-state index in [4.69, 9.17) is 19.2 Å². The predicted octanol–water partition coefficient (Wildman–Crippen LogP) is 6.87. The number of carbonyl (C=O) groups excluding carboxylic acids is 2. The van der Waals surface area contributed by atoms with Gasteiger partial charge in [0.2, 0.25) is 0 Å². The minimum atomic E-state index is -1.11. The third kappa shape index (κ3) is 6.57. The molecule has 1 aromatic carbocycles. The minimum absolute atomic E-state index is 0.0357. The zero-order valence-electron chi connectivity index (χ0n) is 21.3. The molecule has 2 aliphatic heterocycles. The van der Waals surface area contributed by atoms with Crippen LogP contribution in [0.5, 0.6) is 0 Å². The van der Waals surface area contributed by atoms with Gasteiger partial charge in [0.1, 0.15) is 22.6 Å². The highest BCUT2D eigenvalue weighted by Gasteiger charge is 2.51. The van der Waals surface area contributed by atoms with Crippen molar-refractivity contribution in [1.82, 2.24) is 4.90 Å². The number of halogens is 2. The first-order valence-corrected chi connectivity index (χ1v) is 13.5. The maximum absolute atomic E-state index is 15.2. The molecule has 3 rings (SSSR count). The summed E-state index contributed by atoms with van der Waals surface area (Å²) in [5.74, 6) is 0.0398. The normalized spacial score (nSPS) is 24.8. The molecule has 10 heteroatoms. The van der Waals surface area contributed by atoms with Crippen LogP contribution in [0.15, 0.2) is 27.7 Å². The Morgan fingerprint density at radius 3 is 2.34 bits per heavy atom. The zero-order valence-corrected chi connectivity index (χ0v) is 23.7. The van der Waals surface area contributed by atoms with Gasteiger partial charge >= 0.3 is 12.2 Å². The van der Waals surface area contributed by atoms with E-state index in [1.165, 1.54) is 17.8 Å². The molecule has 2 amide bonds. The Hall–Kier alpha value is -1.65. The molecular weight excluding hydrogens is 539 g/mol. The summed E-state index contributed by atoms with van der Waals surface area (Å²) in [4.78, 5) is 32.1. The summed E-state index contributed by atoms with van der Waals surface area (Å²) < 4.78 is 33.1. The monoisotopic (exact) mass is 572 g/mol. The van der Waals surface area contributed by atoms with Crippen LogP contribution in [0.1, 0.15) is 66.9 Å². The van der Waals surface area contributed by atoms with E-state index < -0.39 is 34.7 Å². The molecule has 0 spiro atoms. The maximum atomic E-state index is 15.2. The number of aliphatic imine (C=N–C) groups is 1. The summed E-state index contributed by atoms with van der Waals surface area (Å²) in [6, 6.07) is 4.70. The van der Waals surface area contributed by atoms with Crippen LogP contribution >= 0.6 is 27.7 Å². The Balaban J connectivity index is 2.14. The summed E-state index contributed by atoms with van der Waals surface area (Å²) in [7, 11) is 0. The maximum Gasteiger partial charge on any atom is 0.426 e. The van der Waals surface area contributed by atoms with Crippen molar-refractivity contribution in [1.29, 1.82) is 0 Å². The molecule has 194 valence electrons. The highest BCUT2D eigenvalue weighted by molar-refractivity contribution is 9.10. The number of thioether (sulfide) groups is 1. The first kappa shape index (κ1) is 27.9. The van der Waals surface area contributed by atoms with Gasteiger partial charge in [0.15, 0.2) is 5.17 Å². The van der Waals surface area contributed by atoms with Crippen molar-refractivity contribution >= 4 is 45.0 Å². The lowest BCUT2D eigenvalue weighted by molar-refractivity contribution is -0.0583. The van der Waals surface area contributed by atoms with Crippen LogP contribution in [0.4, 0.5) is 14.0 Å². The molecule has 7 nitrogen and oxygen atoms in total. The van der Waals surface area contributed by atoms with Crippen molar-refractivity contribution in [3.8, 4) is 0 Å². The number of carbonyl (C=O) groups is 2. The molecule has 0 aromatic heterocycles. The van der Waals surface area contributed by atoms with Crippen LogP contribution in [0.3, 0.4) is 0 Å². The Labute approximate surface area is 219 Å². The number of hydrogen-bond acceptors (Lipinski definition) is 7. The molecule has 0 aliphatic carbocycles. The summed E-state index contributed by atoms with van der Waals surface area (Å²) in [5, 5.41) is 0.0997. The predicted molar refractivity (Wildman–Crippen MR) is 138 cm³/mol. The van der Waals surface area contributed by atoms with Gasteiger partial charge in [-0.05, 0) is 72.6 Å². The Kier molecular flexibility index (Phi) is 8.28. The highest BCUT2D eigenvalue weighted by atomic mass is 79.9. The zero-order chi connectivity index (χ0) is 26.2. The third-order valence-corrected chi connectivity index (χ3v) is 7.26. The van der Waals surface area contributed by atoms with Crippen molar-refractivity contribution in [3.05, 3.63) is 34.1 Å². The van der Waals surface area contributed by atoms with Crippen molar-refractivity contribution in [2.24, 2.45) is 10.9 Å². The van der Waals surface area contributed by atoms with Crippen LogP contribution in [0.25, 0.3) is 0 Å². The van der Waals surface area contributed by atoms with Gasteiger partial charge in [-0.25, -0.2) is 19.0 Å². The molecule has 1 aromatic rings. The minimum Gasteiger partial charge on any atom is -0.443 e. The van der Waals surface area contributed by atoms with Gasteiger partial charge in [-0.2, -0.15) is 4.90 Å². The number of fused-ring (bicyclic) bond motifs is 1. The fourth-order valence-corrected chi connectivity index (χ4v) is 5.71. The van der Waals surface area contributed by atoms with Gasteiger partial charge in [-0.15, -0.1) is 0 Å². The second-order valence-electron chi connectivity index (χ2n) is 10.8. The lowest BCUT2D eigenvalue weighted by Gasteiger charge is -2.47. The molecule has 1 fully saturated rings. The van der Waals surface area contributed by atoms with E-state index in [9.17, 15) is 9.59 Å².